The van der Waals surface area contributed by atoms with E-state index in [0.717, 1.165) is 37.6 Å². The first-order valence-electron chi connectivity index (χ1n) is 7.23. The van der Waals surface area contributed by atoms with Crippen LogP contribution in [-0.4, -0.2) is 30.1 Å². The molecule has 2 rings (SSSR count). The Bertz CT molecular complexity index is 409. The van der Waals surface area contributed by atoms with Crippen LogP contribution in [0.3, 0.4) is 0 Å². The molecule has 0 atom stereocenters. The maximum atomic E-state index is 4.61. The van der Waals surface area contributed by atoms with Crippen molar-refractivity contribution in [1.29, 1.82) is 0 Å². The fourth-order valence-corrected chi connectivity index (χ4v) is 2.66. The molecule has 106 valence electrons. The van der Waals surface area contributed by atoms with Crippen LogP contribution < -0.4 is 10.6 Å². The molecule has 1 saturated carbocycles. The molecule has 0 radical (unpaired) electrons. The fraction of sp³-hybridized carbons (Fsp3) is 0.714. The van der Waals surface area contributed by atoms with Crippen LogP contribution in [0.5, 0.6) is 0 Å². The highest BCUT2D eigenvalue weighted by atomic mass is 32.1. The van der Waals surface area contributed by atoms with Gasteiger partial charge in [-0.1, -0.05) is 0 Å². The third kappa shape index (κ3) is 5.59. The first kappa shape index (κ1) is 14.3. The van der Waals surface area contributed by atoms with E-state index in [-0.39, 0.29) is 0 Å². The summed E-state index contributed by atoms with van der Waals surface area (Å²) in [5, 5.41) is 10.1. The van der Waals surface area contributed by atoms with Crippen molar-refractivity contribution in [3.05, 3.63) is 16.1 Å². The topological polar surface area (TPSA) is 49.3 Å². The van der Waals surface area contributed by atoms with Crippen molar-refractivity contribution in [3.8, 4) is 0 Å². The minimum Gasteiger partial charge on any atom is -0.357 e. The van der Waals surface area contributed by atoms with Crippen LogP contribution in [0.2, 0.25) is 0 Å². The molecule has 1 fully saturated rings. The molecule has 0 bridgehead atoms. The molecule has 0 saturated heterocycles. The van der Waals surface area contributed by atoms with Gasteiger partial charge in [-0.25, -0.2) is 4.98 Å². The van der Waals surface area contributed by atoms with Gasteiger partial charge < -0.3 is 10.6 Å². The molecule has 0 aliphatic heterocycles. The highest BCUT2D eigenvalue weighted by molar-refractivity contribution is 7.09. The molecule has 1 heterocycles. The largest absolute Gasteiger partial charge is 0.357 e. The molecular formula is C14H24N4S. The quantitative estimate of drug-likeness (QED) is 0.458. The molecule has 1 aliphatic rings. The zero-order valence-corrected chi connectivity index (χ0v) is 12.7. The van der Waals surface area contributed by atoms with Crippen LogP contribution in [0.1, 0.15) is 43.3 Å². The van der Waals surface area contributed by atoms with Gasteiger partial charge in [-0.2, -0.15) is 0 Å². The molecule has 0 unspecified atom stereocenters. The third-order valence-electron chi connectivity index (χ3n) is 3.00. The summed E-state index contributed by atoms with van der Waals surface area (Å²) in [5.41, 5.74) is 1.14. The molecule has 0 spiro atoms. The van der Waals surface area contributed by atoms with Crippen LogP contribution >= 0.6 is 11.3 Å². The van der Waals surface area contributed by atoms with Crippen LogP contribution in [-0.2, 0) is 6.42 Å². The van der Waals surface area contributed by atoms with Gasteiger partial charge in [0.15, 0.2) is 5.96 Å². The monoisotopic (exact) mass is 280 g/mol. The van der Waals surface area contributed by atoms with E-state index in [1.165, 1.54) is 24.3 Å². The molecule has 19 heavy (non-hydrogen) atoms. The lowest BCUT2D eigenvalue weighted by Gasteiger charge is -2.09. The summed E-state index contributed by atoms with van der Waals surface area (Å²) < 4.78 is 0. The second kappa shape index (κ2) is 7.48. The highest BCUT2D eigenvalue weighted by Gasteiger charge is 2.21. The normalized spacial score (nSPS) is 15.6. The van der Waals surface area contributed by atoms with E-state index in [9.17, 15) is 0 Å². The van der Waals surface area contributed by atoms with E-state index in [1.54, 1.807) is 11.3 Å². The molecule has 4 nitrogen and oxygen atoms in total. The third-order valence-corrected chi connectivity index (χ3v) is 4.02. The van der Waals surface area contributed by atoms with Crippen molar-refractivity contribution >= 4 is 17.3 Å². The first-order valence-corrected chi connectivity index (χ1v) is 8.11. The maximum Gasteiger partial charge on any atom is 0.191 e. The van der Waals surface area contributed by atoms with Gasteiger partial charge in [0.1, 0.15) is 0 Å². The Hall–Kier alpha value is -1.10. The molecular weight excluding hydrogens is 256 g/mol. The zero-order chi connectivity index (χ0) is 13.5. The van der Waals surface area contributed by atoms with Crippen LogP contribution in [0.15, 0.2) is 10.4 Å². The van der Waals surface area contributed by atoms with E-state index >= 15 is 0 Å². The number of thiazole rings is 1. The van der Waals surface area contributed by atoms with E-state index in [1.807, 2.05) is 0 Å². The molecule has 0 aromatic carbocycles. The lowest BCUT2D eigenvalue weighted by molar-refractivity contribution is 0.728. The van der Waals surface area contributed by atoms with Crippen molar-refractivity contribution in [1.82, 2.24) is 15.6 Å². The van der Waals surface area contributed by atoms with Gasteiger partial charge in [0.05, 0.1) is 5.01 Å². The number of hydrogen-bond donors (Lipinski definition) is 2. The summed E-state index contributed by atoms with van der Waals surface area (Å²) in [6, 6.07) is 0.663. The van der Waals surface area contributed by atoms with Crippen LogP contribution in [0.4, 0.5) is 0 Å². The van der Waals surface area contributed by atoms with E-state index in [4.69, 9.17) is 0 Å². The van der Waals surface area contributed by atoms with E-state index < -0.39 is 0 Å². The summed E-state index contributed by atoms with van der Waals surface area (Å²) >= 11 is 1.77. The second-order valence-corrected chi connectivity index (χ2v) is 5.96. The van der Waals surface area contributed by atoms with Gasteiger partial charge in [-0.3, -0.25) is 4.99 Å². The van der Waals surface area contributed by atoms with Crippen molar-refractivity contribution in [2.45, 2.75) is 52.0 Å². The van der Waals surface area contributed by atoms with Gasteiger partial charge in [0, 0.05) is 30.2 Å². The Balaban J connectivity index is 1.62. The highest BCUT2D eigenvalue weighted by Crippen LogP contribution is 2.18. The number of unbranched alkanes of at least 4 members (excludes halogenated alkanes) is 1. The number of aromatic nitrogens is 1. The predicted molar refractivity (Wildman–Crippen MR) is 81.9 cm³/mol. The van der Waals surface area contributed by atoms with Crippen molar-refractivity contribution in [3.63, 3.8) is 0 Å². The average molecular weight is 280 g/mol. The van der Waals surface area contributed by atoms with Crippen LogP contribution in [0, 0.1) is 6.92 Å². The van der Waals surface area contributed by atoms with Crippen molar-refractivity contribution < 1.29 is 0 Å². The molecule has 1 aromatic heterocycles. The van der Waals surface area contributed by atoms with Crippen LogP contribution in [0.25, 0.3) is 0 Å². The van der Waals surface area contributed by atoms with E-state index in [2.05, 4.69) is 39.8 Å². The molecule has 1 aromatic rings. The smallest absolute Gasteiger partial charge is 0.191 e. The Morgan fingerprint density at radius 2 is 2.32 bits per heavy atom. The summed E-state index contributed by atoms with van der Waals surface area (Å²) in [6.07, 6.45) is 5.95. The summed E-state index contributed by atoms with van der Waals surface area (Å²) in [7, 11) is 0. The number of hydrogen-bond acceptors (Lipinski definition) is 3. The van der Waals surface area contributed by atoms with Gasteiger partial charge in [0.2, 0.25) is 0 Å². The number of nitrogens with one attached hydrogen (secondary N) is 2. The van der Waals surface area contributed by atoms with Gasteiger partial charge in [-0.05, 0) is 46.0 Å². The summed E-state index contributed by atoms with van der Waals surface area (Å²) in [4.78, 5) is 9.09. The van der Waals surface area contributed by atoms with E-state index in [0.29, 0.717) is 6.04 Å². The lowest BCUT2D eigenvalue weighted by atomic mass is 10.2. The number of guanidine groups is 1. The fourth-order valence-electron chi connectivity index (χ4n) is 1.84. The molecule has 2 N–H and O–H groups in total. The zero-order valence-electron chi connectivity index (χ0n) is 11.9. The van der Waals surface area contributed by atoms with Gasteiger partial charge in [-0.15, -0.1) is 11.3 Å². The minimum absolute atomic E-state index is 0.663. The molecule has 5 heteroatoms. The van der Waals surface area contributed by atoms with Gasteiger partial charge >= 0.3 is 0 Å². The second-order valence-electron chi connectivity index (χ2n) is 5.02. The Labute approximate surface area is 119 Å². The maximum absolute atomic E-state index is 4.61. The average Bonchev–Trinajstić information content (AvgIpc) is 3.10. The predicted octanol–water partition coefficient (Wildman–Crippen LogP) is 2.49. The first-order chi connectivity index (χ1) is 9.28. The molecule has 1 aliphatic carbocycles. The minimum atomic E-state index is 0.663. The Kier molecular flexibility index (Phi) is 5.63. The summed E-state index contributed by atoms with van der Waals surface area (Å²) in [6.45, 7) is 5.98. The SMILES string of the molecule is CCNC(=NCCCCc1nc(C)cs1)NC1CC1. The number of aliphatic imine (C=N–C) groups is 1. The Morgan fingerprint density at radius 1 is 1.47 bits per heavy atom. The number of rotatable bonds is 7. The van der Waals surface area contributed by atoms with Crippen molar-refractivity contribution in [2.24, 2.45) is 4.99 Å². The number of aryl methyl sites for hydroxylation is 2. The molecule has 0 amide bonds. The lowest BCUT2D eigenvalue weighted by Crippen LogP contribution is -2.38. The number of nitrogens with zero attached hydrogens (tertiary/aromatic N) is 2. The Morgan fingerprint density at radius 3 is 2.95 bits per heavy atom. The van der Waals surface area contributed by atoms with Gasteiger partial charge in [0.25, 0.3) is 0 Å². The van der Waals surface area contributed by atoms with Crippen molar-refractivity contribution in [2.75, 3.05) is 13.1 Å². The summed E-state index contributed by atoms with van der Waals surface area (Å²) in [5.74, 6) is 0.982. The standard InChI is InChI=1S/C14H24N4S/c1-3-15-14(18-12-7-8-12)16-9-5-4-6-13-17-11(2)10-19-13/h10,12H,3-9H2,1-2H3,(H2,15,16,18).